The zero-order chi connectivity index (χ0) is 15.4. The molecule has 1 unspecified atom stereocenters. The van der Waals surface area contributed by atoms with E-state index >= 15 is 0 Å². The molecule has 0 aliphatic heterocycles. The normalized spacial score (nSPS) is 12.4. The molecule has 0 spiro atoms. The van der Waals surface area contributed by atoms with Gasteiger partial charge in [0.15, 0.2) is 5.75 Å². The molecular formula is C15H19BrClN3O. The van der Waals surface area contributed by atoms with E-state index in [4.69, 9.17) is 16.3 Å². The van der Waals surface area contributed by atoms with E-state index in [9.17, 15) is 0 Å². The standard InChI is InChI=1S/C15H19BrClN3O/c1-4-7-20-15(13(21-3)9-19-20)14(18-2)10-5-6-12(17)11(16)8-10/h5-6,8-9,14,18H,4,7H2,1-3H3. The second-order valence-corrected chi connectivity index (χ2v) is 5.98. The number of aryl methyl sites for hydroxylation is 1. The molecule has 0 saturated carbocycles. The van der Waals surface area contributed by atoms with Gasteiger partial charge < -0.3 is 10.1 Å². The van der Waals surface area contributed by atoms with Crippen LogP contribution in [0, 0.1) is 0 Å². The van der Waals surface area contributed by atoms with E-state index in [1.807, 2.05) is 29.9 Å². The van der Waals surface area contributed by atoms with Crippen LogP contribution in [0.4, 0.5) is 0 Å². The summed E-state index contributed by atoms with van der Waals surface area (Å²) < 4.78 is 8.34. The van der Waals surface area contributed by atoms with Crippen LogP contribution in [0.1, 0.15) is 30.6 Å². The summed E-state index contributed by atoms with van der Waals surface area (Å²) in [4.78, 5) is 0. The average molecular weight is 373 g/mol. The van der Waals surface area contributed by atoms with Gasteiger partial charge in [-0.2, -0.15) is 5.10 Å². The van der Waals surface area contributed by atoms with Gasteiger partial charge in [0.05, 0.1) is 24.4 Å². The number of aromatic nitrogens is 2. The molecule has 0 saturated heterocycles. The molecule has 4 nitrogen and oxygen atoms in total. The van der Waals surface area contributed by atoms with Crippen molar-refractivity contribution in [3.05, 3.63) is 45.1 Å². The molecule has 0 amide bonds. The third-order valence-electron chi connectivity index (χ3n) is 3.34. The third kappa shape index (κ3) is 3.42. The Morgan fingerprint density at radius 1 is 1.48 bits per heavy atom. The topological polar surface area (TPSA) is 39.1 Å². The number of nitrogens with zero attached hydrogens (tertiary/aromatic N) is 2. The molecule has 21 heavy (non-hydrogen) atoms. The predicted octanol–water partition coefficient (Wildman–Crippen LogP) is 4.03. The Morgan fingerprint density at radius 3 is 2.81 bits per heavy atom. The zero-order valence-electron chi connectivity index (χ0n) is 12.4. The van der Waals surface area contributed by atoms with Gasteiger partial charge >= 0.3 is 0 Å². The monoisotopic (exact) mass is 371 g/mol. The van der Waals surface area contributed by atoms with E-state index in [-0.39, 0.29) is 6.04 Å². The van der Waals surface area contributed by atoms with Crippen molar-refractivity contribution < 1.29 is 4.74 Å². The highest BCUT2D eigenvalue weighted by Gasteiger charge is 2.22. The molecule has 1 atom stereocenters. The predicted molar refractivity (Wildman–Crippen MR) is 89.1 cm³/mol. The first-order valence-electron chi connectivity index (χ1n) is 6.84. The highest BCUT2D eigenvalue weighted by molar-refractivity contribution is 9.10. The van der Waals surface area contributed by atoms with Gasteiger partial charge in [-0.05, 0) is 47.1 Å². The van der Waals surface area contributed by atoms with Crippen molar-refractivity contribution in [2.75, 3.05) is 14.2 Å². The fourth-order valence-corrected chi connectivity index (χ4v) is 2.88. The molecule has 2 aromatic rings. The van der Waals surface area contributed by atoms with Gasteiger partial charge in [-0.25, -0.2) is 0 Å². The summed E-state index contributed by atoms with van der Waals surface area (Å²) >= 11 is 9.56. The van der Waals surface area contributed by atoms with Crippen molar-refractivity contribution in [3.63, 3.8) is 0 Å². The van der Waals surface area contributed by atoms with Gasteiger partial charge in [-0.1, -0.05) is 24.6 Å². The molecule has 1 aromatic heterocycles. The van der Waals surface area contributed by atoms with Crippen molar-refractivity contribution in [3.8, 4) is 5.75 Å². The number of ether oxygens (including phenoxy) is 1. The molecule has 0 aliphatic rings. The Hall–Kier alpha value is -1.04. The first kappa shape index (κ1) is 16.3. The van der Waals surface area contributed by atoms with E-state index in [1.54, 1.807) is 13.3 Å². The largest absolute Gasteiger partial charge is 0.493 e. The zero-order valence-corrected chi connectivity index (χ0v) is 14.7. The lowest BCUT2D eigenvalue weighted by Crippen LogP contribution is -2.22. The lowest BCUT2D eigenvalue weighted by Gasteiger charge is -2.20. The number of methoxy groups -OCH3 is 1. The fraction of sp³-hybridized carbons (Fsp3) is 0.400. The van der Waals surface area contributed by atoms with Crippen LogP contribution >= 0.6 is 27.5 Å². The van der Waals surface area contributed by atoms with Crippen LogP contribution in [0.15, 0.2) is 28.9 Å². The van der Waals surface area contributed by atoms with E-state index in [0.717, 1.165) is 34.4 Å². The molecular weight excluding hydrogens is 354 g/mol. The van der Waals surface area contributed by atoms with Crippen LogP contribution in [-0.2, 0) is 6.54 Å². The molecule has 6 heteroatoms. The Balaban J connectivity index is 2.49. The van der Waals surface area contributed by atoms with Crippen LogP contribution in [0.3, 0.4) is 0 Å². The lowest BCUT2D eigenvalue weighted by atomic mass is 10.0. The molecule has 0 radical (unpaired) electrons. The first-order valence-corrected chi connectivity index (χ1v) is 8.01. The van der Waals surface area contributed by atoms with Crippen molar-refractivity contribution in [2.45, 2.75) is 25.9 Å². The number of nitrogens with one attached hydrogen (secondary N) is 1. The van der Waals surface area contributed by atoms with Crippen molar-refractivity contribution in [1.29, 1.82) is 0 Å². The number of hydrogen-bond acceptors (Lipinski definition) is 3. The van der Waals surface area contributed by atoms with E-state index < -0.39 is 0 Å². The highest BCUT2D eigenvalue weighted by Crippen LogP contribution is 2.33. The highest BCUT2D eigenvalue weighted by atomic mass is 79.9. The molecule has 1 N–H and O–H groups in total. The lowest BCUT2D eigenvalue weighted by molar-refractivity contribution is 0.400. The summed E-state index contributed by atoms with van der Waals surface area (Å²) in [6.45, 7) is 2.98. The van der Waals surface area contributed by atoms with Crippen molar-refractivity contribution >= 4 is 27.5 Å². The quantitative estimate of drug-likeness (QED) is 0.832. The minimum atomic E-state index is -0.0115. The molecule has 1 heterocycles. The number of hydrogen-bond donors (Lipinski definition) is 1. The Kier molecular flexibility index (Phi) is 5.67. The van der Waals surface area contributed by atoms with Gasteiger partial charge in [0.1, 0.15) is 5.69 Å². The maximum atomic E-state index is 6.08. The molecule has 2 rings (SSSR count). The average Bonchev–Trinajstić information content (AvgIpc) is 2.87. The van der Waals surface area contributed by atoms with Crippen molar-refractivity contribution in [2.24, 2.45) is 0 Å². The fourth-order valence-electron chi connectivity index (χ4n) is 2.37. The van der Waals surface area contributed by atoms with Crippen LogP contribution in [0.25, 0.3) is 0 Å². The van der Waals surface area contributed by atoms with Crippen LogP contribution in [-0.4, -0.2) is 23.9 Å². The second kappa shape index (κ2) is 7.29. The van der Waals surface area contributed by atoms with E-state index in [2.05, 4.69) is 33.3 Å². The Bertz CT molecular complexity index is 615. The van der Waals surface area contributed by atoms with Crippen LogP contribution < -0.4 is 10.1 Å². The van der Waals surface area contributed by atoms with Gasteiger partial charge in [0.25, 0.3) is 0 Å². The molecule has 0 bridgehead atoms. The summed E-state index contributed by atoms with van der Waals surface area (Å²) in [6.07, 6.45) is 2.78. The minimum Gasteiger partial charge on any atom is -0.493 e. The minimum absolute atomic E-state index is 0.0115. The summed E-state index contributed by atoms with van der Waals surface area (Å²) in [5.74, 6) is 0.786. The van der Waals surface area contributed by atoms with Gasteiger partial charge in [-0.3, -0.25) is 4.68 Å². The summed E-state index contributed by atoms with van der Waals surface area (Å²) in [5.41, 5.74) is 2.13. The SMILES string of the molecule is CCCn1ncc(OC)c1C(NC)c1ccc(Cl)c(Br)c1. The van der Waals surface area contributed by atoms with Gasteiger partial charge in [-0.15, -0.1) is 0 Å². The molecule has 0 aliphatic carbocycles. The molecule has 0 fully saturated rings. The third-order valence-corrected chi connectivity index (χ3v) is 4.55. The van der Waals surface area contributed by atoms with Gasteiger partial charge in [0, 0.05) is 11.0 Å². The maximum absolute atomic E-state index is 6.08. The molecule has 114 valence electrons. The van der Waals surface area contributed by atoms with Crippen LogP contribution in [0.5, 0.6) is 5.75 Å². The Morgan fingerprint density at radius 2 is 2.24 bits per heavy atom. The summed E-state index contributed by atoms with van der Waals surface area (Å²) in [6, 6.07) is 5.91. The number of halogens is 2. The summed E-state index contributed by atoms with van der Waals surface area (Å²) in [7, 11) is 3.59. The van der Waals surface area contributed by atoms with E-state index in [0.29, 0.717) is 5.02 Å². The Labute approximate surface area is 138 Å². The van der Waals surface area contributed by atoms with Gasteiger partial charge in [0.2, 0.25) is 0 Å². The van der Waals surface area contributed by atoms with Crippen molar-refractivity contribution in [1.82, 2.24) is 15.1 Å². The van der Waals surface area contributed by atoms with Crippen LogP contribution in [0.2, 0.25) is 5.02 Å². The number of rotatable bonds is 6. The molecule has 1 aromatic carbocycles. The van der Waals surface area contributed by atoms with E-state index in [1.165, 1.54) is 0 Å². The number of benzene rings is 1. The summed E-state index contributed by atoms with van der Waals surface area (Å²) in [5, 5.41) is 8.46. The maximum Gasteiger partial charge on any atom is 0.161 e. The second-order valence-electron chi connectivity index (χ2n) is 4.72. The smallest absolute Gasteiger partial charge is 0.161 e. The first-order chi connectivity index (χ1) is 10.1.